The zero-order valence-corrected chi connectivity index (χ0v) is 12.4. The van der Waals surface area contributed by atoms with Gasteiger partial charge in [0.05, 0.1) is 17.5 Å². The van der Waals surface area contributed by atoms with E-state index in [2.05, 4.69) is 33.9 Å². The van der Waals surface area contributed by atoms with Crippen LogP contribution in [0.15, 0.2) is 5.38 Å². The van der Waals surface area contributed by atoms with Crippen LogP contribution in [-0.4, -0.2) is 28.6 Å². The van der Waals surface area contributed by atoms with Gasteiger partial charge in [-0.3, -0.25) is 4.40 Å². The lowest BCUT2D eigenvalue weighted by Crippen LogP contribution is -2.21. The van der Waals surface area contributed by atoms with Crippen LogP contribution in [0, 0.1) is 13.8 Å². The lowest BCUT2D eigenvalue weighted by molar-refractivity contribution is 0.104. The average Bonchev–Trinajstić information content (AvgIpc) is 3.07. The molecule has 1 N–H and O–H groups in total. The number of nitrogens with one attached hydrogen (secondary N) is 1. The van der Waals surface area contributed by atoms with Crippen LogP contribution in [0.2, 0.25) is 0 Å². The number of imidazole rings is 1. The van der Waals surface area contributed by atoms with Crippen molar-refractivity contribution in [2.45, 2.75) is 45.8 Å². The van der Waals surface area contributed by atoms with Gasteiger partial charge in [0.25, 0.3) is 0 Å². The van der Waals surface area contributed by atoms with E-state index in [0.717, 1.165) is 36.8 Å². The molecule has 0 saturated carbocycles. The van der Waals surface area contributed by atoms with Gasteiger partial charge in [0, 0.05) is 24.2 Å². The van der Waals surface area contributed by atoms with Crippen LogP contribution >= 0.6 is 11.3 Å². The molecule has 3 heterocycles. The molecule has 104 valence electrons. The van der Waals surface area contributed by atoms with Gasteiger partial charge >= 0.3 is 0 Å². The second kappa shape index (κ2) is 5.61. The maximum atomic E-state index is 5.64. The van der Waals surface area contributed by atoms with Gasteiger partial charge in [-0.1, -0.05) is 0 Å². The number of fused-ring (bicyclic) bond motifs is 1. The number of nitrogens with zero attached hydrogens (tertiary/aromatic N) is 2. The molecule has 5 heteroatoms. The van der Waals surface area contributed by atoms with Crippen LogP contribution in [0.5, 0.6) is 0 Å². The summed E-state index contributed by atoms with van der Waals surface area (Å²) in [5, 5.41) is 5.69. The minimum atomic E-state index is 0.474. The highest BCUT2D eigenvalue weighted by Crippen LogP contribution is 2.20. The number of hydrogen-bond acceptors (Lipinski definition) is 4. The second-order valence-electron chi connectivity index (χ2n) is 5.24. The van der Waals surface area contributed by atoms with Gasteiger partial charge in [-0.2, -0.15) is 0 Å². The molecule has 19 heavy (non-hydrogen) atoms. The Hall–Kier alpha value is -0.910. The smallest absolute Gasteiger partial charge is 0.194 e. The van der Waals surface area contributed by atoms with Gasteiger partial charge in [-0.05, 0) is 39.7 Å². The fourth-order valence-electron chi connectivity index (χ4n) is 2.72. The van der Waals surface area contributed by atoms with Gasteiger partial charge in [-0.25, -0.2) is 4.98 Å². The van der Waals surface area contributed by atoms with E-state index >= 15 is 0 Å². The minimum absolute atomic E-state index is 0.474. The number of aryl methyl sites for hydroxylation is 2. The SMILES string of the molecule is Cc1nc2scc(C)n2c1CNCCC1CCCO1. The van der Waals surface area contributed by atoms with Crippen molar-refractivity contribution in [1.29, 1.82) is 0 Å². The molecule has 0 radical (unpaired) electrons. The normalized spacial score (nSPS) is 19.6. The molecule has 1 unspecified atom stereocenters. The van der Waals surface area contributed by atoms with E-state index in [4.69, 9.17) is 4.74 Å². The van der Waals surface area contributed by atoms with Crippen molar-refractivity contribution in [2.75, 3.05) is 13.2 Å². The molecule has 0 bridgehead atoms. The van der Waals surface area contributed by atoms with Gasteiger partial charge in [0.2, 0.25) is 0 Å². The molecule has 2 aromatic heterocycles. The topological polar surface area (TPSA) is 38.6 Å². The number of hydrogen-bond donors (Lipinski definition) is 1. The first-order chi connectivity index (χ1) is 9.25. The highest BCUT2D eigenvalue weighted by atomic mass is 32.1. The van der Waals surface area contributed by atoms with Gasteiger partial charge < -0.3 is 10.1 Å². The van der Waals surface area contributed by atoms with Crippen LogP contribution in [0.1, 0.15) is 36.3 Å². The second-order valence-corrected chi connectivity index (χ2v) is 6.08. The molecule has 3 rings (SSSR count). The summed E-state index contributed by atoms with van der Waals surface area (Å²) in [6, 6.07) is 0. The fourth-order valence-corrected chi connectivity index (χ4v) is 3.65. The zero-order chi connectivity index (χ0) is 13.2. The van der Waals surface area contributed by atoms with E-state index in [1.807, 2.05) is 0 Å². The summed E-state index contributed by atoms with van der Waals surface area (Å²) in [5.41, 5.74) is 3.71. The van der Waals surface area contributed by atoms with Crippen LogP contribution in [-0.2, 0) is 11.3 Å². The molecule has 0 aromatic carbocycles. The molecular weight excluding hydrogens is 258 g/mol. The molecule has 2 aromatic rings. The standard InChI is InChI=1S/C14H21N3OS/c1-10-9-19-14-16-11(2)13(17(10)14)8-15-6-5-12-4-3-7-18-12/h9,12,15H,3-8H2,1-2H3. The predicted molar refractivity (Wildman–Crippen MR) is 77.8 cm³/mol. The summed E-state index contributed by atoms with van der Waals surface area (Å²) in [5.74, 6) is 0. The summed E-state index contributed by atoms with van der Waals surface area (Å²) >= 11 is 1.71. The van der Waals surface area contributed by atoms with Gasteiger partial charge in [0.15, 0.2) is 4.96 Å². The Morgan fingerprint density at radius 1 is 1.53 bits per heavy atom. The Morgan fingerprint density at radius 2 is 2.42 bits per heavy atom. The van der Waals surface area contributed by atoms with E-state index in [1.165, 1.54) is 24.2 Å². The van der Waals surface area contributed by atoms with Crippen molar-refractivity contribution in [1.82, 2.24) is 14.7 Å². The monoisotopic (exact) mass is 279 g/mol. The van der Waals surface area contributed by atoms with Gasteiger partial charge in [-0.15, -0.1) is 11.3 Å². The van der Waals surface area contributed by atoms with Crippen LogP contribution in [0.25, 0.3) is 4.96 Å². The van der Waals surface area contributed by atoms with E-state index in [0.29, 0.717) is 6.10 Å². The molecule has 1 atom stereocenters. The zero-order valence-electron chi connectivity index (χ0n) is 11.6. The molecular formula is C14H21N3OS. The summed E-state index contributed by atoms with van der Waals surface area (Å²) in [6.07, 6.45) is 4.04. The maximum Gasteiger partial charge on any atom is 0.194 e. The molecule has 1 aliphatic heterocycles. The van der Waals surface area contributed by atoms with Crippen LogP contribution in [0.4, 0.5) is 0 Å². The lowest BCUT2D eigenvalue weighted by atomic mass is 10.2. The third kappa shape index (κ3) is 2.68. The van der Waals surface area contributed by atoms with Gasteiger partial charge in [0.1, 0.15) is 0 Å². The lowest BCUT2D eigenvalue weighted by Gasteiger charge is -2.10. The molecule has 1 fully saturated rings. The highest BCUT2D eigenvalue weighted by Gasteiger charge is 2.15. The largest absolute Gasteiger partial charge is 0.378 e. The predicted octanol–water partition coefficient (Wildman–Crippen LogP) is 2.67. The molecule has 0 spiro atoms. The summed E-state index contributed by atoms with van der Waals surface area (Å²) in [6.45, 7) is 7.08. The Balaban J connectivity index is 1.58. The van der Waals surface area contributed by atoms with E-state index < -0.39 is 0 Å². The number of ether oxygens (including phenoxy) is 1. The molecule has 0 aliphatic carbocycles. The first-order valence-electron chi connectivity index (χ1n) is 7.00. The fraction of sp³-hybridized carbons (Fsp3) is 0.643. The maximum absolute atomic E-state index is 5.64. The van der Waals surface area contributed by atoms with E-state index in [-0.39, 0.29) is 0 Å². The Bertz CT molecular complexity index is 554. The number of aromatic nitrogens is 2. The van der Waals surface area contributed by atoms with Crippen molar-refractivity contribution < 1.29 is 4.74 Å². The minimum Gasteiger partial charge on any atom is -0.378 e. The quantitative estimate of drug-likeness (QED) is 0.855. The Kier molecular flexibility index (Phi) is 3.86. The van der Waals surface area contributed by atoms with Crippen molar-refractivity contribution >= 4 is 16.3 Å². The van der Waals surface area contributed by atoms with Crippen molar-refractivity contribution in [3.8, 4) is 0 Å². The summed E-state index contributed by atoms with van der Waals surface area (Å²) in [4.78, 5) is 5.71. The summed E-state index contributed by atoms with van der Waals surface area (Å²) in [7, 11) is 0. The Morgan fingerprint density at radius 3 is 3.21 bits per heavy atom. The number of rotatable bonds is 5. The average molecular weight is 279 g/mol. The van der Waals surface area contributed by atoms with E-state index in [1.54, 1.807) is 11.3 Å². The van der Waals surface area contributed by atoms with Crippen LogP contribution in [0.3, 0.4) is 0 Å². The highest BCUT2D eigenvalue weighted by molar-refractivity contribution is 7.15. The summed E-state index contributed by atoms with van der Waals surface area (Å²) < 4.78 is 7.90. The first kappa shape index (κ1) is 13.1. The Labute approximate surface area is 117 Å². The molecule has 1 saturated heterocycles. The van der Waals surface area contributed by atoms with Crippen molar-refractivity contribution in [3.63, 3.8) is 0 Å². The molecule has 1 aliphatic rings. The van der Waals surface area contributed by atoms with Crippen molar-refractivity contribution in [3.05, 3.63) is 22.5 Å². The number of thiazole rings is 1. The van der Waals surface area contributed by atoms with Crippen molar-refractivity contribution in [2.24, 2.45) is 0 Å². The molecule has 4 nitrogen and oxygen atoms in total. The third-order valence-electron chi connectivity index (χ3n) is 3.79. The first-order valence-corrected chi connectivity index (χ1v) is 7.88. The van der Waals surface area contributed by atoms with E-state index in [9.17, 15) is 0 Å². The third-order valence-corrected chi connectivity index (χ3v) is 4.73. The molecule has 0 amide bonds. The van der Waals surface area contributed by atoms with Crippen LogP contribution < -0.4 is 5.32 Å².